The minimum atomic E-state index is -0.255. The van der Waals surface area contributed by atoms with Crippen LogP contribution in [-0.2, 0) is 17.8 Å². The Morgan fingerprint density at radius 1 is 1.27 bits per heavy atom. The van der Waals surface area contributed by atoms with E-state index in [4.69, 9.17) is 0 Å². The van der Waals surface area contributed by atoms with Crippen LogP contribution in [0.4, 0.5) is 0 Å². The number of aromatic nitrogens is 5. The number of pyridine rings is 1. The van der Waals surface area contributed by atoms with Crippen LogP contribution < -0.4 is 10.9 Å². The number of nitrogens with zero attached hydrogens (tertiary/aromatic N) is 4. The van der Waals surface area contributed by atoms with Crippen LogP contribution in [0.25, 0.3) is 5.65 Å². The molecule has 0 fully saturated rings. The van der Waals surface area contributed by atoms with Crippen molar-refractivity contribution in [3.8, 4) is 0 Å². The lowest BCUT2D eigenvalue weighted by atomic mass is 10.2. The van der Waals surface area contributed by atoms with E-state index < -0.39 is 0 Å². The number of fused-ring (bicyclic) bond motifs is 1. The summed E-state index contributed by atoms with van der Waals surface area (Å²) in [7, 11) is 0. The predicted molar refractivity (Wildman–Crippen MR) is 78.0 cm³/mol. The summed E-state index contributed by atoms with van der Waals surface area (Å²) in [5.41, 5.74) is 2.01. The summed E-state index contributed by atoms with van der Waals surface area (Å²) in [6.45, 7) is 0.374. The maximum atomic E-state index is 11.9. The molecule has 0 spiro atoms. The highest BCUT2D eigenvalue weighted by molar-refractivity contribution is 5.76. The number of hydrogen-bond acceptors (Lipinski definition) is 5. The Balaban J connectivity index is 1.55. The number of hydrogen-bond donors (Lipinski definition) is 2. The summed E-state index contributed by atoms with van der Waals surface area (Å²) >= 11 is 0. The maximum absolute atomic E-state index is 11.9. The number of aryl methyl sites for hydroxylation is 1. The molecule has 22 heavy (non-hydrogen) atoms. The van der Waals surface area contributed by atoms with E-state index in [0.29, 0.717) is 25.1 Å². The molecule has 0 saturated heterocycles. The molecule has 0 radical (unpaired) electrons. The Bertz CT molecular complexity index is 833. The SMILES string of the molecule is O=C(CCc1ccc(=O)[nH]n1)NCc1cccc2ncnn12. The molecule has 0 bridgehead atoms. The normalized spacial score (nSPS) is 10.7. The Morgan fingerprint density at radius 2 is 2.18 bits per heavy atom. The van der Waals surface area contributed by atoms with Gasteiger partial charge >= 0.3 is 0 Å². The van der Waals surface area contributed by atoms with Crippen molar-refractivity contribution < 1.29 is 4.79 Å². The van der Waals surface area contributed by atoms with E-state index in [1.807, 2.05) is 18.2 Å². The van der Waals surface area contributed by atoms with Gasteiger partial charge in [0, 0.05) is 18.9 Å². The minimum Gasteiger partial charge on any atom is -0.350 e. The molecule has 0 aliphatic heterocycles. The van der Waals surface area contributed by atoms with Gasteiger partial charge in [-0.25, -0.2) is 14.6 Å². The molecule has 8 nitrogen and oxygen atoms in total. The first-order chi connectivity index (χ1) is 10.7. The summed E-state index contributed by atoms with van der Waals surface area (Å²) in [6.07, 6.45) is 2.24. The summed E-state index contributed by atoms with van der Waals surface area (Å²) in [6, 6.07) is 8.61. The number of aromatic amines is 1. The van der Waals surface area contributed by atoms with Gasteiger partial charge in [-0.2, -0.15) is 10.2 Å². The van der Waals surface area contributed by atoms with Crippen molar-refractivity contribution >= 4 is 11.6 Å². The van der Waals surface area contributed by atoms with Gasteiger partial charge in [0.1, 0.15) is 6.33 Å². The van der Waals surface area contributed by atoms with Crippen LogP contribution >= 0.6 is 0 Å². The fourth-order valence-electron chi connectivity index (χ4n) is 2.07. The first-order valence-corrected chi connectivity index (χ1v) is 6.81. The highest BCUT2D eigenvalue weighted by Crippen LogP contribution is 2.03. The van der Waals surface area contributed by atoms with Gasteiger partial charge in [0.05, 0.1) is 17.9 Å². The largest absolute Gasteiger partial charge is 0.350 e. The zero-order chi connectivity index (χ0) is 15.4. The van der Waals surface area contributed by atoms with Crippen molar-refractivity contribution in [3.05, 3.63) is 58.4 Å². The number of carbonyl (C=O) groups is 1. The summed E-state index contributed by atoms with van der Waals surface area (Å²) < 4.78 is 1.68. The highest BCUT2D eigenvalue weighted by Gasteiger charge is 2.06. The third kappa shape index (κ3) is 3.17. The van der Waals surface area contributed by atoms with Crippen molar-refractivity contribution in [3.63, 3.8) is 0 Å². The number of nitrogens with one attached hydrogen (secondary N) is 2. The monoisotopic (exact) mass is 298 g/mol. The molecule has 0 unspecified atom stereocenters. The summed E-state index contributed by atoms with van der Waals surface area (Å²) in [5.74, 6) is -0.0925. The quantitative estimate of drug-likeness (QED) is 0.693. The Labute approximate surface area is 125 Å². The molecule has 3 heterocycles. The Hall–Kier alpha value is -3.03. The van der Waals surface area contributed by atoms with Crippen LogP contribution in [0.3, 0.4) is 0 Å². The molecule has 3 rings (SSSR count). The average molecular weight is 298 g/mol. The number of amides is 1. The fraction of sp³-hybridized carbons (Fsp3) is 0.214. The average Bonchev–Trinajstić information content (AvgIpc) is 3.01. The van der Waals surface area contributed by atoms with Crippen LogP contribution in [0.15, 0.2) is 41.5 Å². The smallest absolute Gasteiger partial charge is 0.264 e. The fourth-order valence-corrected chi connectivity index (χ4v) is 2.07. The minimum absolute atomic E-state index is 0.0925. The molecule has 3 aromatic rings. The standard InChI is InChI=1S/C14H14N6O2/c21-13(6-4-10-5-7-14(22)19-18-10)15-8-11-2-1-3-12-16-9-17-20(11)12/h1-3,5,7,9H,4,6,8H2,(H,15,21)(H,19,22). The third-order valence-corrected chi connectivity index (χ3v) is 3.19. The van der Waals surface area contributed by atoms with E-state index in [1.165, 1.54) is 12.4 Å². The van der Waals surface area contributed by atoms with Crippen molar-refractivity contribution in [2.45, 2.75) is 19.4 Å². The van der Waals surface area contributed by atoms with Gasteiger partial charge in [-0.3, -0.25) is 9.59 Å². The van der Waals surface area contributed by atoms with E-state index in [-0.39, 0.29) is 11.5 Å². The maximum Gasteiger partial charge on any atom is 0.264 e. The lowest BCUT2D eigenvalue weighted by molar-refractivity contribution is -0.121. The van der Waals surface area contributed by atoms with E-state index in [0.717, 1.165) is 11.3 Å². The van der Waals surface area contributed by atoms with Gasteiger partial charge in [0.2, 0.25) is 5.91 Å². The van der Waals surface area contributed by atoms with Crippen molar-refractivity contribution in [2.75, 3.05) is 0 Å². The van der Waals surface area contributed by atoms with Crippen LogP contribution in [-0.4, -0.2) is 30.7 Å². The predicted octanol–water partition coefficient (Wildman–Crippen LogP) is 0.0616. The first-order valence-electron chi connectivity index (χ1n) is 6.81. The molecule has 3 aromatic heterocycles. The van der Waals surface area contributed by atoms with Gasteiger partial charge in [0.15, 0.2) is 5.65 Å². The zero-order valence-corrected chi connectivity index (χ0v) is 11.7. The number of rotatable bonds is 5. The van der Waals surface area contributed by atoms with Crippen molar-refractivity contribution in [1.29, 1.82) is 0 Å². The van der Waals surface area contributed by atoms with E-state index in [2.05, 4.69) is 25.6 Å². The Morgan fingerprint density at radius 3 is 3.00 bits per heavy atom. The molecule has 0 aromatic carbocycles. The molecule has 0 aliphatic carbocycles. The van der Waals surface area contributed by atoms with Gasteiger partial charge in [-0.1, -0.05) is 6.07 Å². The van der Waals surface area contributed by atoms with Gasteiger partial charge in [-0.15, -0.1) is 0 Å². The lowest BCUT2D eigenvalue weighted by Crippen LogP contribution is -2.24. The lowest BCUT2D eigenvalue weighted by Gasteiger charge is -2.06. The summed E-state index contributed by atoms with van der Waals surface area (Å²) in [5, 5.41) is 13.1. The van der Waals surface area contributed by atoms with Crippen LogP contribution in [0.5, 0.6) is 0 Å². The van der Waals surface area contributed by atoms with Gasteiger partial charge < -0.3 is 5.32 Å². The number of H-pyrrole nitrogens is 1. The van der Waals surface area contributed by atoms with Gasteiger partial charge in [-0.05, 0) is 18.2 Å². The highest BCUT2D eigenvalue weighted by atomic mass is 16.1. The van der Waals surface area contributed by atoms with E-state index in [1.54, 1.807) is 10.6 Å². The molecule has 112 valence electrons. The van der Waals surface area contributed by atoms with E-state index >= 15 is 0 Å². The second-order valence-corrected chi connectivity index (χ2v) is 4.74. The third-order valence-electron chi connectivity index (χ3n) is 3.19. The topological polar surface area (TPSA) is 105 Å². The van der Waals surface area contributed by atoms with Crippen molar-refractivity contribution in [2.24, 2.45) is 0 Å². The molecule has 1 amide bonds. The number of carbonyl (C=O) groups excluding carboxylic acids is 1. The summed E-state index contributed by atoms with van der Waals surface area (Å²) in [4.78, 5) is 26.9. The second-order valence-electron chi connectivity index (χ2n) is 4.74. The van der Waals surface area contributed by atoms with Gasteiger partial charge in [0.25, 0.3) is 5.56 Å². The molecule has 8 heteroatoms. The molecule has 2 N–H and O–H groups in total. The Kier molecular flexibility index (Phi) is 3.90. The van der Waals surface area contributed by atoms with Crippen LogP contribution in [0.1, 0.15) is 17.8 Å². The molecular weight excluding hydrogens is 284 g/mol. The van der Waals surface area contributed by atoms with E-state index in [9.17, 15) is 9.59 Å². The van der Waals surface area contributed by atoms with Crippen LogP contribution in [0, 0.1) is 0 Å². The van der Waals surface area contributed by atoms with Crippen LogP contribution in [0.2, 0.25) is 0 Å². The molecular formula is C14H14N6O2. The first kappa shape index (κ1) is 13.9. The second kappa shape index (κ2) is 6.17. The molecule has 0 atom stereocenters. The molecule has 0 saturated carbocycles. The zero-order valence-electron chi connectivity index (χ0n) is 11.7. The van der Waals surface area contributed by atoms with Crippen molar-refractivity contribution in [1.82, 2.24) is 30.1 Å². The molecule has 0 aliphatic rings.